The van der Waals surface area contributed by atoms with Crippen LogP contribution in [0.25, 0.3) is 0 Å². The summed E-state index contributed by atoms with van der Waals surface area (Å²) < 4.78 is 26.7. The molecule has 14 nitrogen and oxygen atoms in total. The Balaban J connectivity index is 1.74. The fourth-order valence-corrected chi connectivity index (χ4v) is 3.93. The van der Waals surface area contributed by atoms with E-state index in [9.17, 15) is 46.0 Å². The molecule has 3 saturated heterocycles. The molecule has 3 heterocycles. The number of rotatable bonds is 5. The van der Waals surface area contributed by atoms with Crippen molar-refractivity contribution in [3.8, 4) is 0 Å². The average Bonchev–Trinajstić information content (AvgIpc) is 2.76. The SMILES string of the molecule is C[C@@H]1O[C@@H](O)[C@H](O)[C@H](O[C@@H]2O[C@@H](C)[C@H](O)[C@@H](O[C@H]3O[C@H](CO)[C@@H](O)[C@H](O)[C@H]3O)[C@H]2O)[C@H]1O. The van der Waals surface area contributed by atoms with Gasteiger partial charge in [0, 0.05) is 0 Å². The Hall–Kier alpha value is -0.560. The molecule has 0 aromatic rings. The number of ether oxygens (including phenoxy) is 5. The van der Waals surface area contributed by atoms with Gasteiger partial charge in [-0.25, -0.2) is 0 Å². The summed E-state index contributed by atoms with van der Waals surface area (Å²) in [6.07, 6.45) is -22.4. The maximum absolute atomic E-state index is 10.7. The number of hydrogen-bond acceptors (Lipinski definition) is 14. The summed E-state index contributed by atoms with van der Waals surface area (Å²) in [4.78, 5) is 0. The third-order valence-electron chi connectivity index (χ3n) is 6.01. The molecule has 15 atom stereocenters. The molecule has 9 N–H and O–H groups in total. The number of aliphatic hydroxyl groups excluding tert-OH is 9. The molecule has 0 saturated carbocycles. The molecule has 0 unspecified atom stereocenters. The van der Waals surface area contributed by atoms with Crippen LogP contribution in [0, 0.1) is 0 Å². The van der Waals surface area contributed by atoms with Crippen molar-refractivity contribution in [2.45, 2.75) is 106 Å². The first-order chi connectivity index (χ1) is 15.0. The predicted molar refractivity (Wildman–Crippen MR) is 98.4 cm³/mol. The third kappa shape index (κ3) is 4.94. The van der Waals surface area contributed by atoms with E-state index >= 15 is 0 Å². The van der Waals surface area contributed by atoms with Gasteiger partial charge in [0.2, 0.25) is 0 Å². The van der Waals surface area contributed by atoms with Crippen LogP contribution in [0.2, 0.25) is 0 Å². The van der Waals surface area contributed by atoms with Gasteiger partial charge >= 0.3 is 0 Å². The molecule has 32 heavy (non-hydrogen) atoms. The molecule has 0 amide bonds. The van der Waals surface area contributed by atoms with Gasteiger partial charge in [-0.05, 0) is 13.8 Å². The Labute approximate surface area is 183 Å². The van der Waals surface area contributed by atoms with Gasteiger partial charge in [0.25, 0.3) is 0 Å². The molecular weight excluding hydrogens is 440 g/mol. The van der Waals surface area contributed by atoms with Gasteiger partial charge in [0.05, 0.1) is 18.8 Å². The molecule has 188 valence electrons. The van der Waals surface area contributed by atoms with E-state index < -0.39 is 98.7 Å². The van der Waals surface area contributed by atoms with Crippen LogP contribution in [0.1, 0.15) is 13.8 Å². The van der Waals surface area contributed by atoms with Crippen molar-refractivity contribution in [2.24, 2.45) is 0 Å². The largest absolute Gasteiger partial charge is 0.394 e. The Kier molecular flexibility index (Phi) is 8.44. The second kappa shape index (κ2) is 10.4. The Bertz CT molecular complexity index is 594. The second-order valence-corrected chi connectivity index (χ2v) is 8.30. The number of aliphatic hydroxyl groups is 9. The molecule has 3 rings (SSSR count). The highest BCUT2D eigenvalue weighted by molar-refractivity contribution is 4.95. The van der Waals surface area contributed by atoms with Crippen molar-refractivity contribution in [2.75, 3.05) is 6.61 Å². The Morgan fingerprint density at radius 2 is 1.06 bits per heavy atom. The summed E-state index contributed by atoms with van der Waals surface area (Å²) in [5.41, 5.74) is 0. The molecule has 0 aromatic carbocycles. The van der Waals surface area contributed by atoms with Crippen LogP contribution < -0.4 is 0 Å². The van der Waals surface area contributed by atoms with Crippen molar-refractivity contribution in [1.82, 2.24) is 0 Å². The molecule has 0 spiro atoms. The molecular formula is C18H32O14. The van der Waals surface area contributed by atoms with E-state index in [0.29, 0.717) is 0 Å². The summed E-state index contributed by atoms with van der Waals surface area (Å²) in [6, 6.07) is 0. The fraction of sp³-hybridized carbons (Fsp3) is 1.00. The molecule has 3 aliphatic heterocycles. The topological polar surface area (TPSA) is 228 Å². The lowest BCUT2D eigenvalue weighted by Gasteiger charge is -2.47. The van der Waals surface area contributed by atoms with Crippen LogP contribution in [0.4, 0.5) is 0 Å². The lowest BCUT2D eigenvalue weighted by atomic mass is 9.96. The van der Waals surface area contributed by atoms with Crippen LogP contribution in [0.15, 0.2) is 0 Å². The molecule has 3 aliphatic rings. The van der Waals surface area contributed by atoms with Crippen molar-refractivity contribution in [1.29, 1.82) is 0 Å². The summed E-state index contributed by atoms with van der Waals surface area (Å²) in [5.74, 6) is 0. The first-order valence-electron chi connectivity index (χ1n) is 10.3. The van der Waals surface area contributed by atoms with E-state index in [1.54, 1.807) is 0 Å². The van der Waals surface area contributed by atoms with Crippen molar-refractivity contribution in [3.05, 3.63) is 0 Å². The van der Waals surface area contributed by atoms with Gasteiger partial charge in [-0.3, -0.25) is 0 Å². The first-order valence-corrected chi connectivity index (χ1v) is 10.3. The van der Waals surface area contributed by atoms with Gasteiger partial charge in [-0.15, -0.1) is 0 Å². The zero-order chi connectivity index (χ0) is 23.9. The summed E-state index contributed by atoms with van der Waals surface area (Å²) in [5, 5.41) is 90.6. The van der Waals surface area contributed by atoms with Crippen LogP contribution in [0.5, 0.6) is 0 Å². The highest BCUT2D eigenvalue weighted by Crippen LogP contribution is 2.32. The average molecular weight is 472 g/mol. The Morgan fingerprint density at radius 3 is 1.62 bits per heavy atom. The smallest absolute Gasteiger partial charge is 0.187 e. The van der Waals surface area contributed by atoms with Crippen LogP contribution in [-0.4, -0.2) is 145 Å². The van der Waals surface area contributed by atoms with Crippen molar-refractivity contribution >= 4 is 0 Å². The lowest BCUT2D eigenvalue weighted by Crippen LogP contribution is -2.65. The van der Waals surface area contributed by atoms with Crippen molar-refractivity contribution in [3.63, 3.8) is 0 Å². The monoisotopic (exact) mass is 472 g/mol. The first kappa shape index (κ1) is 26.1. The predicted octanol–water partition coefficient (Wildman–Crippen LogP) is -5.52. The fourth-order valence-electron chi connectivity index (χ4n) is 3.93. The standard InChI is InChI=1S/C18H32O14/c1-4-7(20)14(12(25)16(27)28-4)31-18-13(26)15(8(21)5(2)29-18)32-17-11(24)10(23)9(22)6(3-19)30-17/h4-27H,3H2,1-2H3/t4-,5-,6+,7-,8-,9+,10-,11+,12+,13+,14+,15+,16+,17+,18-/m0/s1. The molecule has 0 aromatic heterocycles. The lowest BCUT2D eigenvalue weighted by molar-refractivity contribution is -0.375. The summed E-state index contributed by atoms with van der Waals surface area (Å²) in [6.45, 7) is 2.16. The third-order valence-corrected chi connectivity index (χ3v) is 6.01. The van der Waals surface area contributed by atoms with Gasteiger partial charge in [0.15, 0.2) is 18.9 Å². The zero-order valence-corrected chi connectivity index (χ0v) is 17.4. The Morgan fingerprint density at radius 1 is 0.562 bits per heavy atom. The molecule has 14 heteroatoms. The highest BCUT2D eigenvalue weighted by Gasteiger charge is 2.52. The van der Waals surface area contributed by atoms with E-state index in [4.69, 9.17) is 23.7 Å². The van der Waals surface area contributed by atoms with Crippen LogP contribution in [0.3, 0.4) is 0 Å². The minimum absolute atomic E-state index is 0.703. The van der Waals surface area contributed by atoms with E-state index in [-0.39, 0.29) is 0 Å². The molecule has 0 radical (unpaired) electrons. The van der Waals surface area contributed by atoms with E-state index in [1.807, 2.05) is 0 Å². The summed E-state index contributed by atoms with van der Waals surface area (Å²) in [7, 11) is 0. The van der Waals surface area contributed by atoms with E-state index in [1.165, 1.54) is 13.8 Å². The molecule has 0 bridgehead atoms. The van der Waals surface area contributed by atoms with Gasteiger partial charge < -0.3 is 69.6 Å². The quantitative estimate of drug-likeness (QED) is 0.182. The summed E-state index contributed by atoms with van der Waals surface area (Å²) >= 11 is 0. The maximum atomic E-state index is 10.7. The normalized spacial score (nSPS) is 55.0. The van der Waals surface area contributed by atoms with Gasteiger partial charge in [0.1, 0.15) is 61.0 Å². The molecule has 3 fully saturated rings. The van der Waals surface area contributed by atoms with Gasteiger partial charge in [-0.2, -0.15) is 0 Å². The highest BCUT2D eigenvalue weighted by atomic mass is 16.7. The minimum Gasteiger partial charge on any atom is -0.394 e. The van der Waals surface area contributed by atoms with Gasteiger partial charge in [-0.1, -0.05) is 0 Å². The van der Waals surface area contributed by atoms with Crippen LogP contribution in [-0.2, 0) is 23.7 Å². The molecule has 0 aliphatic carbocycles. The zero-order valence-electron chi connectivity index (χ0n) is 17.4. The minimum atomic E-state index is -1.78. The van der Waals surface area contributed by atoms with Crippen molar-refractivity contribution < 1.29 is 69.6 Å². The van der Waals surface area contributed by atoms with E-state index in [2.05, 4.69) is 0 Å². The van der Waals surface area contributed by atoms with E-state index in [0.717, 1.165) is 0 Å². The maximum Gasteiger partial charge on any atom is 0.187 e. The van der Waals surface area contributed by atoms with Crippen LogP contribution >= 0.6 is 0 Å². The number of hydrogen-bond donors (Lipinski definition) is 9. The second-order valence-electron chi connectivity index (χ2n) is 8.30.